The van der Waals surface area contributed by atoms with Crippen LogP contribution < -0.4 is 5.32 Å². The number of fused-ring (bicyclic) bond motifs is 2. The molecule has 0 saturated heterocycles. The lowest BCUT2D eigenvalue weighted by atomic mass is 9.88. The monoisotopic (exact) mass is 421 g/mol. The summed E-state index contributed by atoms with van der Waals surface area (Å²) in [6, 6.07) is 12.9. The second kappa shape index (κ2) is 7.96. The van der Waals surface area contributed by atoms with Crippen molar-refractivity contribution < 1.29 is 4.79 Å². The molecule has 2 aromatic heterocycles. The van der Waals surface area contributed by atoms with E-state index in [0.717, 1.165) is 55.2 Å². The van der Waals surface area contributed by atoms with Crippen molar-refractivity contribution in [1.29, 1.82) is 0 Å². The van der Waals surface area contributed by atoms with Crippen molar-refractivity contribution in [2.75, 3.05) is 6.54 Å². The fourth-order valence-corrected chi connectivity index (χ4v) is 5.52. The Labute approximate surface area is 181 Å². The van der Waals surface area contributed by atoms with Crippen LogP contribution in [0.15, 0.2) is 47.5 Å². The number of carbonyl (C=O) groups excluding carboxylic acids is 1. The molecule has 0 radical (unpaired) electrons. The summed E-state index contributed by atoms with van der Waals surface area (Å²) >= 11 is 1.74. The van der Waals surface area contributed by atoms with Crippen molar-refractivity contribution in [1.82, 2.24) is 24.0 Å². The maximum atomic E-state index is 13.1. The lowest BCUT2D eigenvalue weighted by Crippen LogP contribution is -2.39. The average molecular weight is 422 g/mol. The van der Waals surface area contributed by atoms with Gasteiger partial charge in [-0.25, -0.2) is 4.31 Å². The fraction of sp³-hybridized carbons (Fsp3) is 0.391. The van der Waals surface area contributed by atoms with Crippen molar-refractivity contribution in [2.24, 2.45) is 7.05 Å². The van der Waals surface area contributed by atoms with Crippen molar-refractivity contribution in [2.45, 2.75) is 50.2 Å². The summed E-state index contributed by atoms with van der Waals surface area (Å²) < 4.78 is 6.43. The minimum absolute atomic E-state index is 0.0218. The third-order valence-electron chi connectivity index (χ3n) is 6.34. The number of rotatable bonds is 4. The van der Waals surface area contributed by atoms with Crippen LogP contribution in [0.5, 0.6) is 0 Å². The first-order chi connectivity index (χ1) is 14.6. The van der Waals surface area contributed by atoms with Crippen LogP contribution in [-0.4, -0.2) is 37.1 Å². The Kier molecular flexibility index (Phi) is 5.16. The first-order valence-electron chi connectivity index (χ1n) is 10.6. The van der Waals surface area contributed by atoms with Crippen molar-refractivity contribution in [3.63, 3.8) is 0 Å². The summed E-state index contributed by atoms with van der Waals surface area (Å²) in [4.78, 5) is 14.2. The van der Waals surface area contributed by atoms with Gasteiger partial charge in [-0.15, -0.1) is 0 Å². The Morgan fingerprint density at radius 2 is 2.03 bits per heavy atom. The smallest absolute Gasteiger partial charge is 0.268 e. The first kappa shape index (κ1) is 19.5. The highest BCUT2D eigenvalue weighted by Gasteiger charge is 2.24. The number of hydrogen-bond donors (Lipinski definition) is 1. The van der Waals surface area contributed by atoms with E-state index < -0.39 is 0 Å². The molecule has 1 N–H and O–H groups in total. The van der Waals surface area contributed by atoms with E-state index in [-0.39, 0.29) is 11.9 Å². The van der Waals surface area contributed by atoms with E-state index in [1.54, 1.807) is 11.9 Å². The molecule has 5 rings (SSSR count). The van der Waals surface area contributed by atoms with E-state index in [1.807, 2.05) is 23.9 Å². The highest BCUT2D eigenvalue weighted by molar-refractivity contribution is 7.97. The Morgan fingerprint density at radius 3 is 2.90 bits per heavy atom. The van der Waals surface area contributed by atoms with E-state index in [2.05, 4.69) is 56.7 Å². The number of aromatic nitrogens is 3. The lowest BCUT2D eigenvalue weighted by Gasteiger charge is -2.26. The number of nitrogens with zero attached hydrogens (tertiary/aromatic N) is 4. The van der Waals surface area contributed by atoms with Crippen LogP contribution in [0.1, 0.15) is 39.4 Å². The summed E-state index contributed by atoms with van der Waals surface area (Å²) in [7, 11) is 1.98. The van der Waals surface area contributed by atoms with Crippen LogP contribution in [-0.2, 0) is 33.0 Å². The molecule has 1 amide bonds. The van der Waals surface area contributed by atoms with Gasteiger partial charge in [0, 0.05) is 36.4 Å². The minimum atomic E-state index is 0.0218. The van der Waals surface area contributed by atoms with Crippen LogP contribution in [0, 0.1) is 6.92 Å². The van der Waals surface area contributed by atoms with Gasteiger partial charge in [-0.2, -0.15) is 5.10 Å². The third-order valence-corrected chi connectivity index (χ3v) is 7.51. The van der Waals surface area contributed by atoms with Gasteiger partial charge in [-0.3, -0.25) is 9.48 Å². The number of aryl methyl sites for hydroxylation is 1. The molecular formula is C23H27N5OS. The Balaban J connectivity index is 1.27. The zero-order chi connectivity index (χ0) is 20.7. The fourth-order valence-electron chi connectivity index (χ4n) is 4.44. The van der Waals surface area contributed by atoms with Gasteiger partial charge in [0.2, 0.25) is 0 Å². The number of hydrogen-bond acceptors (Lipinski definition) is 4. The molecule has 1 aliphatic carbocycles. The molecule has 30 heavy (non-hydrogen) atoms. The molecule has 1 aromatic carbocycles. The Morgan fingerprint density at radius 1 is 1.20 bits per heavy atom. The summed E-state index contributed by atoms with van der Waals surface area (Å²) in [5.74, 6) is 0.0218. The predicted octanol–water partition coefficient (Wildman–Crippen LogP) is 3.34. The van der Waals surface area contributed by atoms with Crippen LogP contribution in [0.25, 0.3) is 0 Å². The molecule has 156 valence electrons. The van der Waals surface area contributed by atoms with Crippen LogP contribution >= 0.6 is 11.9 Å². The lowest BCUT2D eigenvalue weighted by molar-refractivity contribution is 0.0925. The molecule has 3 aromatic rings. The SMILES string of the molecule is Cc1c(SN2CCn3nccc3C2)cc(C(=O)NC2CCc3ccccc3C2)n1C. The van der Waals surface area contributed by atoms with Gasteiger partial charge in [0.25, 0.3) is 5.91 Å². The van der Waals surface area contributed by atoms with Crippen LogP contribution in [0.4, 0.5) is 0 Å². The van der Waals surface area contributed by atoms with Gasteiger partial charge < -0.3 is 9.88 Å². The molecule has 0 bridgehead atoms. The van der Waals surface area contributed by atoms with Gasteiger partial charge >= 0.3 is 0 Å². The van der Waals surface area contributed by atoms with Gasteiger partial charge in [0.15, 0.2) is 0 Å². The van der Waals surface area contributed by atoms with Gasteiger partial charge in [-0.1, -0.05) is 24.3 Å². The molecule has 1 atom stereocenters. The van der Waals surface area contributed by atoms with E-state index in [9.17, 15) is 4.79 Å². The molecule has 2 aliphatic rings. The molecular weight excluding hydrogens is 394 g/mol. The standard InChI is InChI=1S/C23H27N5OS/c1-16-22(30-27-11-12-28-20(15-27)9-10-24-28)14-21(26(16)2)23(29)25-19-8-7-17-5-3-4-6-18(17)13-19/h3-6,9-10,14,19H,7-8,11-13,15H2,1-2H3,(H,25,29). The van der Waals surface area contributed by atoms with Gasteiger partial charge in [-0.05, 0) is 61.4 Å². The molecule has 0 fully saturated rings. The molecule has 1 unspecified atom stereocenters. The number of nitrogens with one attached hydrogen (secondary N) is 1. The van der Waals surface area contributed by atoms with E-state index in [1.165, 1.54) is 16.8 Å². The second-order valence-corrected chi connectivity index (χ2v) is 9.36. The Hall–Kier alpha value is -2.51. The van der Waals surface area contributed by atoms with Crippen LogP contribution in [0.3, 0.4) is 0 Å². The largest absolute Gasteiger partial charge is 0.348 e. The number of amides is 1. The highest BCUT2D eigenvalue weighted by Crippen LogP contribution is 2.31. The van der Waals surface area contributed by atoms with E-state index in [4.69, 9.17) is 0 Å². The van der Waals surface area contributed by atoms with E-state index >= 15 is 0 Å². The first-order valence-corrected chi connectivity index (χ1v) is 11.3. The van der Waals surface area contributed by atoms with Crippen molar-refractivity contribution in [3.05, 3.63) is 70.8 Å². The zero-order valence-corrected chi connectivity index (χ0v) is 18.3. The van der Waals surface area contributed by atoms with Crippen molar-refractivity contribution >= 4 is 17.9 Å². The Bertz CT molecular complexity index is 1090. The maximum absolute atomic E-state index is 13.1. The molecule has 6 nitrogen and oxygen atoms in total. The molecule has 0 spiro atoms. The third kappa shape index (κ3) is 3.68. The van der Waals surface area contributed by atoms with Crippen LogP contribution in [0.2, 0.25) is 0 Å². The molecule has 1 aliphatic heterocycles. The van der Waals surface area contributed by atoms with Crippen molar-refractivity contribution in [3.8, 4) is 0 Å². The number of carbonyl (C=O) groups is 1. The highest BCUT2D eigenvalue weighted by atomic mass is 32.2. The van der Waals surface area contributed by atoms with Gasteiger partial charge in [0.05, 0.1) is 18.8 Å². The topological polar surface area (TPSA) is 55.1 Å². The predicted molar refractivity (Wildman–Crippen MR) is 118 cm³/mol. The number of benzene rings is 1. The second-order valence-electron chi connectivity index (χ2n) is 8.22. The quantitative estimate of drug-likeness (QED) is 0.657. The normalized spacial score (nSPS) is 18.7. The van der Waals surface area contributed by atoms with Gasteiger partial charge in [0.1, 0.15) is 5.69 Å². The molecule has 0 saturated carbocycles. The summed E-state index contributed by atoms with van der Waals surface area (Å²) in [5, 5.41) is 7.63. The summed E-state index contributed by atoms with van der Waals surface area (Å²) in [6.45, 7) is 4.79. The average Bonchev–Trinajstić information content (AvgIpc) is 3.33. The summed E-state index contributed by atoms with van der Waals surface area (Å²) in [6.07, 6.45) is 4.80. The van der Waals surface area contributed by atoms with E-state index in [0.29, 0.717) is 0 Å². The zero-order valence-electron chi connectivity index (χ0n) is 17.5. The molecule has 3 heterocycles. The maximum Gasteiger partial charge on any atom is 0.268 e. The molecule has 7 heteroatoms. The summed E-state index contributed by atoms with van der Waals surface area (Å²) in [5.41, 5.74) is 5.86. The minimum Gasteiger partial charge on any atom is -0.348 e.